The molecule has 0 fully saturated rings. The van der Waals surface area contributed by atoms with Gasteiger partial charge < -0.3 is 4.74 Å². The molecule has 0 aliphatic rings. The molecule has 0 N–H and O–H groups in total. The predicted octanol–water partition coefficient (Wildman–Crippen LogP) is 2.30. The Balaban J connectivity index is 0. The fourth-order valence-electron chi connectivity index (χ4n) is 0.569. The van der Waals surface area contributed by atoms with Crippen LogP contribution in [0.2, 0.25) is 0 Å². The summed E-state index contributed by atoms with van der Waals surface area (Å²) >= 11 is 7.28. The SMILES string of the molecule is CCCCCOC(=O)N(S)S.[Cu]. The van der Waals surface area contributed by atoms with Gasteiger partial charge in [-0.25, -0.2) is 4.79 Å². The summed E-state index contributed by atoms with van der Waals surface area (Å²) in [6, 6.07) is 0. The van der Waals surface area contributed by atoms with Crippen molar-refractivity contribution in [1.29, 1.82) is 0 Å². The van der Waals surface area contributed by atoms with Crippen molar-refractivity contribution in [1.82, 2.24) is 3.71 Å². The van der Waals surface area contributed by atoms with Crippen LogP contribution in [-0.4, -0.2) is 16.4 Å². The Morgan fingerprint density at radius 3 is 2.42 bits per heavy atom. The van der Waals surface area contributed by atoms with Crippen LogP contribution in [0.5, 0.6) is 0 Å². The van der Waals surface area contributed by atoms with Crippen molar-refractivity contribution in [2.45, 2.75) is 26.2 Å². The molecule has 12 heavy (non-hydrogen) atoms. The topological polar surface area (TPSA) is 29.5 Å². The van der Waals surface area contributed by atoms with Crippen LogP contribution in [0.4, 0.5) is 4.79 Å². The number of unbranched alkanes of at least 4 members (excludes halogenated alkanes) is 2. The number of rotatable bonds is 4. The van der Waals surface area contributed by atoms with E-state index >= 15 is 0 Å². The van der Waals surface area contributed by atoms with Crippen molar-refractivity contribution < 1.29 is 26.6 Å². The molecule has 6 heteroatoms. The van der Waals surface area contributed by atoms with E-state index < -0.39 is 6.09 Å². The van der Waals surface area contributed by atoms with Gasteiger partial charge in [0.2, 0.25) is 0 Å². The number of carbonyl (C=O) groups is 1. The van der Waals surface area contributed by atoms with E-state index in [-0.39, 0.29) is 17.1 Å². The first kappa shape index (κ1) is 15.0. The van der Waals surface area contributed by atoms with E-state index in [1.54, 1.807) is 0 Å². The second kappa shape index (κ2) is 9.58. The Hall–Kier alpha value is 0.489. The van der Waals surface area contributed by atoms with Crippen LogP contribution in [0.15, 0.2) is 0 Å². The predicted molar refractivity (Wildman–Crippen MR) is 50.7 cm³/mol. The summed E-state index contributed by atoms with van der Waals surface area (Å²) in [5.41, 5.74) is 0. The van der Waals surface area contributed by atoms with Gasteiger partial charge in [-0.2, -0.15) is 3.71 Å². The number of nitrogens with zero attached hydrogens (tertiary/aromatic N) is 1. The van der Waals surface area contributed by atoms with E-state index in [0.717, 1.165) is 23.0 Å². The number of amides is 1. The molecule has 0 aliphatic carbocycles. The molecule has 0 spiro atoms. The third-order valence-electron chi connectivity index (χ3n) is 1.14. The number of carbonyl (C=O) groups excluding carboxylic acids is 1. The maximum Gasteiger partial charge on any atom is 0.429 e. The minimum absolute atomic E-state index is 0. The van der Waals surface area contributed by atoms with Crippen LogP contribution in [0.1, 0.15) is 26.2 Å². The van der Waals surface area contributed by atoms with E-state index in [2.05, 4.69) is 32.6 Å². The normalized spacial score (nSPS) is 8.58. The quantitative estimate of drug-likeness (QED) is 0.460. The maximum absolute atomic E-state index is 10.7. The second-order valence-electron chi connectivity index (χ2n) is 2.11. The second-order valence-corrected chi connectivity index (χ2v) is 3.23. The van der Waals surface area contributed by atoms with Gasteiger partial charge in [-0.05, 0) is 32.1 Å². The van der Waals surface area contributed by atoms with Crippen LogP contribution < -0.4 is 0 Å². The summed E-state index contributed by atoms with van der Waals surface area (Å²) in [4.78, 5) is 10.7. The molecule has 0 rings (SSSR count). The molecular weight excluding hydrogens is 246 g/mol. The molecule has 0 heterocycles. The summed E-state index contributed by atoms with van der Waals surface area (Å²) in [7, 11) is 0. The van der Waals surface area contributed by atoms with Crippen LogP contribution in [-0.2, 0) is 21.8 Å². The molecule has 1 amide bonds. The minimum Gasteiger partial charge on any atom is -0.448 e. The van der Waals surface area contributed by atoms with Gasteiger partial charge in [0.05, 0.1) is 6.61 Å². The molecule has 0 aliphatic heterocycles. The number of thiol groups is 2. The van der Waals surface area contributed by atoms with Crippen molar-refractivity contribution in [2.75, 3.05) is 6.61 Å². The Kier molecular flexibility index (Phi) is 12.0. The Labute approximate surface area is 94.8 Å². The summed E-state index contributed by atoms with van der Waals surface area (Å²) in [5, 5.41) is 0. The molecule has 0 aromatic rings. The third-order valence-corrected chi connectivity index (χ3v) is 1.46. The zero-order valence-electron chi connectivity index (χ0n) is 6.79. The summed E-state index contributed by atoms with van der Waals surface area (Å²) in [5.74, 6) is 0. The fraction of sp³-hybridized carbons (Fsp3) is 0.833. The van der Waals surface area contributed by atoms with Gasteiger partial charge in [0.1, 0.15) is 0 Å². The van der Waals surface area contributed by atoms with Crippen LogP contribution in [0.3, 0.4) is 0 Å². The van der Waals surface area contributed by atoms with Gasteiger partial charge in [0, 0.05) is 17.1 Å². The molecule has 0 aromatic carbocycles. The number of hydrogen-bond donors (Lipinski definition) is 2. The molecule has 1 radical (unpaired) electrons. The molecule has 0 saturated carbocycles. The van der Waals surface area contributed by atoms with Gasteiger partial charge in [-0.1, -0.05) is 19.8 Å². The molecule has 0 aromatic heterocycles. The zero-order valence-corrected chi connectivity index (χ0v) is 9.52. The minimum atomic E-state index is -0.521. The molecule has 0 saturated heterocycles. The van der Waals surface area contributed by atoms with Gasteiger partial charge in [-0.15, -0.1) is 0 Å². The Morgan fingerprint density at radius 1 is 1.42 bits per heavy atom. The average molecular weight is 259 g/mol. The summed E-state index contributed by atoms with van der Waals surface area (Å²) < 4.78 is 5.57. The van der Waals surface area contributed by atoms with Crippen molar-refractivity contribution in [3.05, 3.63) is 0 Å². The zero-order chi connectivity index (χ0) is 8.69. The molecule has 0 atom stereocenters. The van der Waals surface area contributed by atoms with Gasteiger partial charge in [-0.3, -0.25) is 0 Å². The fourth-order valence-corrected chi connectivity index (χ4v) is 0.685. The molecule has 3 nitrogen and oxygen atoms in total. The van der Waals surface area contributed by atoms with Gasteiger partial charge in [0.15, 0.2) is 0 Å². The third kappa shape index (κ3) is 8.58. The van der Waals surface area contributed by atoms with E-state index in [1.165, 1.54) is 0 Å². The van der Waals surface area contributed by atoms with Crippen LogP contribution in [0.25, 0.3) is 0 Å². The van der Waals surface area contributed by atoms with Crippen molar-refractivity contribution in [3.63, 3.8) is 0 Å². The van der Waals surface area contributed by atoms with E-state index in [0.29, 0.717) is 6.61 Å². The average Bonchev–Trinajstić information content (AvgIpc) is 1.97. The first-order valence-electron chi connectivity index (χ1n) is 3.53. The van der Waals surface area contributed by atoms with Crippen molar-refractivity contribution in [2.24, 2.45) is 0 Å². The standard InChI is InChI=1S/C6H13NO2S2.Cu/c1-2-3-4-5-9-6(8)7(10)11;/h10-11H,2-5H2,1H3;. The molecular formula is C6H13CuNO2S2. The van der Waals surface area contributed by atoms with Crippen LogP contribution >= 0.6 is 25.6 Å². The maximum atomic E-state index is 10.7. The van der Waals surface area contributed by atoms with E-state index in [9.17, 15) is 4.79 Å². The molecule has 77 valence electrons. The summed E-state index contributed by atoms with van der Waals surface area (Å²) in [6.07, 6.45) is 2.57. The van der Waals surface area contributed by atoms with E-state index in [1.807, 2.05) is 0 Å². The smallest absolute Gasteiger partial charge is 0.429 e. The largest absolute Gasteiger partial charge is 0.448 e. The first-order valence-corrected chi connectivity index (χ1v) is 4.33. The number of ether oxygens (including phenoxy) is 1. The molecule has 0 unspecified atom stereocenters. The van der Waals surface area contributed by atoms with Gasteiger partial charge in [0.25, 0.3) is 0 Å². The monoisotopic (exact) mass is 258 g/mol. The van der Waals surface area contributed by atoms with Gasteiger partial charge >= 0.3 is 6.09 Å². The van der Waals surface area contributed by atoms with Crippen LogP contribution in [0, 0.1) is 0 Å². The summed E-state index contributed by atoms with van der Waals surface area (Å²) in [6.45, 7) is 2.54. The number of hydrogen-bond acceptors (Lipinski definition) is 4. The molecule has 0 bridgehead atoms. The van der Waals surface area contributed by atoms with Crippen molar-refractivity contribution in [3.8, 4) is 0 Å². The van der Waals surface area contributed by atoms with Crippen molar-refractivity contribution >= 4 is 31.7 Å². The van der Waals surface area contributed by atoms with E-state index in [4.69, 9.17) is 4.74 Å². The first-order chi connectivity index (χ1) is 5.18. The Morgan fingerprint density at radius 2 is 2.00 bits per heavy atom. The Bertz CT molecular complexity index is 124.